The second kappa shape index (κ2) is 5.89. The number of carbonyl (C=O) groups is 1. The first-order chi connectivity index (χ1) is 11.0. The monoisotopic (exact) mass is 331 g/mol. The number of rotatable bonds is 3. The van der Waals surface area contributed by atoms with Crippen molar-refractivity contribution < 1.29 is 9.21 Å². The quantitative estimate of drug-likeness (QED) is 0.749. The van der Waals surface area contributed by atoms with E-state index in [2.05, 4.69) is 10.3 Å². The van der Waals surface area contributed by atoms with E-state index in [1.807, 2.05) is 0 Å². The highest BCUT2D eigenvalue weighted by atomic mass is 35.5. The van der Waals surface area contributed by atoms with E-state index >= 15 is 0 Å². The van der Waals surface area contributed by atoms with Crippen LogP contribution < -0.4 is 10.9 Å². The Balaban J connectivity index is 2.23. The van der Waals surface area contributed by atoms with E-state index in [-0.39, 0.29) is 17.3 Å². The van der Waals surface area contributed by atoms with Crippen LogP contribution in [0.5, 0.6) is 0 Å². The summed E-state index contributed by atoms with van der Waals surface area (Å²) in [5.41, 5.74) is 1.83. The fourth-order valence-electron chi connectivity index (χ4n) is 2.42. The molecule has 3 aromatic rings. The van der Waals surface area contributed by atoms with Gasteiger partial charge in [0.2, 0.25) is 5.91 Å². The largest absolute Gasteiger partial charge is 0.459 e. The summed E-state index contributed by atoms with van der Waals surface area (Å²) < 4.78 is 7.20. The Hall–Kier alpha value is -2.60. The van der Waals surface area contributed by atoms with Crippen LogP contribution in [0.25, 0.3) is 22.1 Å². The topological polar surface area (TPSA) is 77.1 Å². The number of anilines is 1. The Labute approximate surface area is 136 Å². The zero-order valence-electron chi connectivity index (χ0n) is 12.6. The van der Waals surface area contributed by atoms with Crippen LogP contribution in [0.1, 0.15) is 12.7 Å². The first-order valence-corrected chi connectivity index (χ1v) is 7.45. The van der Waals surface area contributed by atoms with Crippen LogP contribution in [0.3, 0.4) is 0 Å². The molecular weight excluding hydrogens is 318 g/mol. The molecule has 3 rings (SSSR count). The number of aryl methyl sites for hydroxylation is 1. The number of amides is 1. The Morgan fingerprint density at radius 3 is 2.91 bits per heavy atom. The average Bonchev–Trinajstić information content (AvgIpc) is 2.95. The molecular formula is C16H14ClN3O3. The molecule has 0 unspecified atom stereocenters. The molecule has 0 saturated heterocycles. The van der Waals surface area contributed by atoms with Gasteiger partial charge in [-0.2, -0.15) is 0 Å². The summed E-state index contributed by atoms with van der Waals surface area (Å²) in [6.07, 6.45) is 3.28. The maximum atomic E-state index is 12.2. The molecule has 0 aromatic carbocycles. The molecule has 118 valence electrons. The van der Waals surface area contributed by atoms with E-state index in [1.54, 1.807) is 37.6 Å². The summed E-state index contributed by atoms with van der Waals surface area (Å²) in [6.45, 7) is 1.41. The molecule has 3 aromatic heterocycles. The molecule has 0 fully saturated rings. The van der Waals surface area contributed by atoms with Crippen molar-refractivity contribution in [3.63, 3.8) is 0 Å². The second-order valence-corrected chi connectivity index (χ2v) is 5.43. The lowest BCUT2D eigenvalue weighted by Crippen LogP contribution is -2.15. The van der Waals surface area contributed by atoms with Gasteiger partial charge in [0.15, 0.2) is 0 Å². The number of hydrogen-bond donors (Lipinski definition) is 1. The van der Waals surface area contributed by atoms with Crippen molar-refractivity contribution in [3.05, 3.63) is 46.7 Å². The molecule has 6 nitrogen and oxygen atoms in total. The normalized spacial score (nSPS) is 10.9. The number of furan rings is 1. The minimum absolute atomic E-state index is 0.153. The predicted molar refractivity (Wildman–Crippen MR) is 88.5 cm³/mol. The van der Waals surface area contributed by atoms with Crippen LogP contribution in [0.15, 0.2) is 39.8 Å². The highest BCUT2D eigenvalue weighted by molar-refractivity contribution is 6.17. The molecule has 0 aliphatic rings. The van der Waals surface area contributed by atoms with E-state index in [1.165, 1.54) is 11.5 Å². The number of hydrogen-bond acceptors (Lipinski definition) is 4. The molecule has 0 aliphatic carbocycles. The predicted octanol–water partition coefficient (Wildman–Crippen LogP) is 2.89. The zero-order chi connectivity index (χ0) is 16.6. The Bertz CT molecular complexity index is 959. The summed E-state index contributed by atoms with van der Waals surface area (Å²) in [5, 5.41) is 3.11. The molecule has 23 heavy (non-hydrogen) atoms. The van der Waals surface area contributed by atoms with Crippen LogP contribution in [0.2, 0.25) is 0 Å². The standard InChI is InChI=1S/C16H14ClN3O3/c1-9(21)19-14-5-10(3-4-18-14)13-8-20(2)16(22)12-6-11(7-17)23-15(12)13/h3-6,8H,7H2,1-2H3,(H,18,19,21). The number of nitrogens with zero attached hydrogens (tertiary/aromatic N) is 2. The van der Waals surface area contributed by atoms with E-state index < -0.39 is 0 Å². The summed E-state index contributed by atoms with van der Waals surface area (Å²) in [4.78, 5) is 27.5. The Morgan fingerprint density at radius 1 is 1.43 bits per heavy atom. The van der Waals surface area contributed by atoms with Gasteiger partial charge in [0.25, 0.3) is 5.56 Å². The first kappa shape index (κ1) is 15.3. The third-order valence-electron chi connectivity index (χ3n) is 3.41. The van der Waals surface area contributed by atoms with Crippen molar-refractivity contribution >= 4 is 34.3 Å². The zero-order valence-corrected chi connectivity index (χ0v) is 13.3. The Kier molecular flexibility index (Phi) is 3.92. The van der Waals surface area contributed by atoms with E-state index in [4.69, 9.17) is 16.0 Å². The maximum Gasteiger partial charge on any atom is 0.261 e. The number of halogens is 1. The molecule has 1 N–H and O–H groups in total. The van der Waals surface area contributed by atoms with Crippen LogP contribution in [-0.4, -0.2) is 15.5 Å². The molecule has 0 spiro atoms. The van der Waals surface area contributed by atoms with Crippen LogP contribution in [-0.2, 0) is 17.7 Å². The van der Waals surface area contributed by atoms with Crippen molar-refractivity contribution in [2.24, 2.45) is 7.05 Å². The van der Waals surface area contributed by atoms with Crippen LogP contribution in [0.4, 0.5) is 5.82 Å². The maximum absolute atomic E-state index is 12.2. The van der Waals surface area contributed by atoms with Gasteiger partial charge in [-0.15, -0.1) is 11.6 Å². The number of nitrogens with one attached hydrogen (secondary N) is 1. The number of pyridine rings is 2. The second-order valence-electron chi connectivity index (χ2n) is 5.16. The van der Waals surface area contributed by atoms with Crippen molar-refractivity contribution in [1.29, 1.82) is 0 Å². The summed E-state index contributed by atoms with van der Waals surface area (Å²) >= 11 is 5.81. The highest BCUT2D eigenvalue weighted by Gasteiger charge is 2.15. The number of alkyl halides is 1. The summed E-state index contributed by atoms with van der Waals surface area (Å²) in [7, 11) is 1.68. The molecule has 7 heteroatoms. The lowest BCUT2D eigenvalue weighted by Gasteiger charge is -2.07. The van der Waals surface area contributed by atoms with Gasteiger partial charge in [-0.25, -0.2) is 4.98 Å². The Morgan fingerprint density at radius 2 is 2.22 bits per heavy atom. The smallest absolute Gasteiger partial charge is 0.261 e. The van der Waals surface area contributed by atoms with Crippen molar-refractivity contribution in [3.8, 4) is 11.1 Å². The molecule has 0 saturated carbocycles. The van der Waals surface area contributed by atoms with E-state index in [0.29, 0.717) is 22.5 Å². The molecule has 0 radical (unpaired) electrons. The summed E-state index contributed by atoms with van der Waals surface area (Å²) in [6, 6.07) is 5.17. The van der Waals surface area contributed by atoms with Crippen molar-refractivity contribution in [1.82, 2.24) is 9.55 Å². The van der Waals surface area contributed by atoms with Gasteiger partial charge in [0.1, 0.15) is 17.2 Å². The minimum Gasteiger partial charge on any atom is -0.459 e. The van der Waals surface area contributed by atoms with Gasteiger partial charge in [-0.3, -0.25) is 9.59 Å². The highest BCUT2D eigenvalue weighted by Crippen LogP contribution is 2.30. The minimum atomic E-state index is -0.206. The molecule has 1 amide bonds. The summed E-state index contributed by atoms with van der Waals surface area (Å²) in [5.74, 6) is 0.941. The average molecular weight is 332 g/mol. The SMILES string of the molecule is CC(=O)Nc1cc(-c2cn(C)c(=O)c3cc(CCl)oc23)ccn1. The lowest BCUT2D eigenvalue weighted by molar-refractivity contribution is -0.114. The molecule has 0 atom stereocenters. The van der Waals surface area contributed by atoms with Gasteiger partial charge in [0, 0.05) is 31.9 Å². The van der Waals surface area contributed by atoms with Gasteiger partial charge in [-0.05, 0) is 23.8 Å². The fourth-order valence-corrected chi connectivity index (χ4v) is 2.55. The number of aromatic nitrogens is 2. The van der Waals surface area contributed by atoms with Crippen molar-refractivity contribution in [2.75, 3.05) is 5.32 Å². The van der Waals surface area contributed by atoms with Gasteiger partial charge < -0.3 is 14.3 Å². The third kappa shape index (κ3) is 2.85. The fraction of sp³-hybridized carbons (Fsp3) is 0.188. The van der Waals surface area contributed by atoms with Crippen molar-refractivity contribution in [2.45, 2.75) is 12.8 Å². The number of fused-ring (bicyclic) bond motifs is 1. The van der Waals surface area contributed by atoms with E-state index in [9.17, 15) is 9.59 Å². The third-order valence-corrected chi connectivity index (χ3v) is 3.67. The van der Waals surface area contributed by atoms with Crippen LogP contribution in [0, 0.1) is 0 Å². The molecule has 3 heterocycles. The molecule has 0 aliphatic heterocycles. The van der Waals surface area contributed by atoms with Gasteiger partial charge >= 0.3 is 0 Å². The van der Waals surface area contributed by atoms with Gasteiger partial charge in [-0.1, -0.05) is 0 Å². The van der Waals surface area contributed by atoms with E-state index in [0.717, 1.165) is 11.1 Å². The van der Waals surface area contributed by atoms with Gasteiger partial charge in [0.05, 0.1) is 11.3 Å². The molecule has 0 bridgehead atoms. The lowest BCUT2D eigenvalue weighted by atomic mass is 10.1. The first-order valence-electron chi connectivity index (χ1n) is 6.91. The van der Waals surface area contributed by atoms with Crippen LogP contribution >= 0.6 is 11.6 Å². The number of carbonyl (C=O) groups excluding carboxylic acids is 1.